The van der Waals surface area contributed by atoms with Crippen LogP contribution in [-0.4, -0.2) is 25.3 Å². The van der Waals surface area contributed by atoms with E-state index in [4.69, 9.17) is 51.0 Å². The minimum Gasteiger partial charge on any atom is -0.457 e. The van der Waals surface area contributed by atoms with E-state index < -0.39 is 27.2 Å². The summed E-state index contributed by atoms with van der Waals surface area (Å²) in [7, 11) is 4.58. The van der Waals surface area contributed by atoms with Crippen LogP contribution in [0.5, 0.6) is 46.0 Å². The van der Waals surface area contributed by atoms with Gasteiger partial charge in [0.05, 0.1) is 14.7 Å². The fourth-order valence-electron chi connectivity index (χ4n) is 6.11. The topological polar surface area (TPSA) is 143 Å². The Morgan fingerprint density at radius 1 is 0.318 bits per heavy atom. The van der Waals surface area contributed by atoms with E-state index in [1.54, 1.807) is 36.4 Å². The summed E-state index contributed by atoms with van der Waals surface area (Å²) in [6.07, 6.45) is 0. The van der Waals surface area contributed by atoms with Crippen LogP contribution in [0.3, 0.4) is 0 Å². The number of hydrogen-bond donors (Lipinski definition) is 0. The van der Waals surface area contributed by atoms with Gasteiger partial charge in [0.25, 0.3) is 27.2 Å². The molecule has 0 fully saturated rings. The largest absolute Gasteiger partial charge is 0.457 e. The summed E-state index contributed by atoms with van der Waals surface area (Å²) in [4.78, 5) is 2.11. The van der Waals surface area contributed by atoms with Crippen molar-refractivity contribution in [2.45, 2.75) is 21.6 Å². The van der Waals surface area contributed by atoms with Crippen LogP contribution in [0.1, 0.15) is 5.56 Å². The molecular formula is C49H36Cl3NO10S3. The number of rotatable bonds is 14. The zero-order valence-corrected chi connectivity index (χ0v) is 39.2. The van der Waals surface area contributed by atoms with E-state index in [2.05, 4.69) is 4.90 Å². The Morgan fingerprint density at radius 2 is 0.591 bits per heavy atom. The number of aryl methyl sites for hydroxylation is 1. The van der Waals surface area contributed by atoms with Crippen molar-refractivity contribution in [3.63, 3.8) is 0 Å². The number of hydrogen-bond acceptors (Lipinski definition) is 11. The number of nitrogens with zero attached hydrogens (tertiary/aromatic N) is 1. The van der Waals surface area contributed by atoms with Crippen molar-refractivity contribution in [3.05, 3.63) is 206 Å². The van der Waals surface area contributed by atoms with E-state index in [1.807, 2.05) is 110 Å². The van der Waals surface area contributed by atoms with Gasteiger partial charge >= 0.3 is 0 Å². The molecule has 8 aromatic carbocycles. The quantitative estimate of drug-likeness (QED) is 0.0961. The third-order valence-corrected chi connectivity index (χ3v) is 13.4. The second kappa shape index (κ2) is 20.8. The first-order valence-corrected chi connectivity index (χ1v) is 26.5. The highest BCUT2D eigenvalue weighted by Gasteiger charge is 2.15. The fraction of sp³-hybridized carbons (Fsp3) is 0.0204. The molecule has 0 atom stereocenters. The molecule has 0 unspecified atom stereocenters. The summed E-state index contributed by atoms with van der Waals surface area (Å²) in [6, 6.07) is 57.6. The SMILES string of the molecule is Cc1ccc(Oc2ccc(N(c3ccccc3)c3ccc(Oc4ccc(S(=O)(=O)Cl)cc4)cc3)cc2)cc1.O=S(=O)(Cl)c1ccc(Oc2cccc(Oc3ccc(S(=O)(=O)Cl)cc3)c2)cc1. The van der Waals surface area contributed by atoms with E-state index in [1.165, 1.54) is 66.2 Å². The molecule has 336 valence electrons. The van der Waals surface area contributed by atoms with Crippen LogP contribution in [0.25, 0.3) is 0 Å². The van der Waals surface area contributed by atoms with Crippen molar-refractivity contribution in [2.75, 3.05) is 4.90 Å². The summed E-state index contributed by atoms with van der Waals surface area (Å²) >= 11 is 0. The van der Waals surface area contributed by atoms with E-state index >= 15 is 0 Å². The molecule has 0 N–H and O–H groups in total. The number of ether oxygens (including phenoxy) is 4. The van der Waals surface area contributed by atoms with Gasteiger partial charge in [0.2, 0.25) is 0 Å². The lowest BCUT2D eigenvalue weighted by atomic mass is 10.2. The summed E-state index contributed by atoms with van der Waals surface area (Å²) in [5, 5.41) is 0. The van der Waals surface area contributed by atoms with Gasteiger partial charge in [0.1, 0.15) is 46.0 Å². The molecule has 0 aromatic heterocycles. The molecule has 0 heterocycles. The lowest BCUT2D eigenvalue weighted by molar-refractivity contribution is 0.460. The minimum absolute atomic E-state index is 0.0238. The molecule has 0 aliphatic rings. The summed E-state index contributed by atoms with van der Waals surface area (Å²) in [5.74, 6) is 4.41. The third kappa shape index (κ3) is 13.3. The molecule has 0 aliphatic carbocycles. The molecule has 8 rings (SSSR count). The van der Waals surface area contributed by atoms with Gasteiger partial charge in [0.15, 0.2) is 0 Å². The first kappa shape index (κ1) is 47.4. The average Bonchev–Trinajstić information content (AvgIpc) is 3.29. The highest BCUT2D eigenvalue weighted by Crippen LogP contribution is 2.37. The normalized spacial score (nSPS) is 11.4. The van der Waals surface area contributed by atoms with Crippen LogP contribution in [0.15, 0.2) is 215 Å². The number of para-hydroxylation sites is 1. The van der Waals surface area contributed by atoms with Gasteiger partial charge in [-0.25, -0.2) is 25.3 Å². The first-order chi connectivity index (χ1) is 31.5. The van der Waals surface area contributed by atoms with Gasteiger partial charge in [-0.1, -0.05) is 42.0 Å². The predicted molar refractivity (Wildman–Crippen MR) is 257 cm³/mol. The van der Waals surface area contributed by atoms with Crippen LogP contribution in [0.4, 0.5) is 17.1 Å². The van der Waals surface area contributed by atoms with Gasteiger partial charge in [-0.2, -0.15) is 0 Å². The molecule has 0 spiro atoms. The molecule has 8 aromatic rings. The van der Waals surface area contributed by atoms with Crippen LogP contribution in [0, 0.1) is 6.92 Å². The van der Waals surface area contributed by atoms with E-state index in [0.717, 1.165) is 28.6 Å². The monoisotopic (exact) mass is 999 g/mol. The average molecular weight is 1000 g/mol. The van der Waals surface area contributed by atoms with Crippen molar-refractivity contribution in [1.29, 1.82) is 0 Å². The first-order valence-electron chi connectivity index (χ1n) is 19.5. The number of anilines is 3. The lowest BCUT2D eigenvalue weighted by Gasteiger charge is -2.25. The molecule has 66 heavy (non-hydrogen) atoms. The predicted octanol–water partition coefficient (Wildman–Crippen LogP) is 14.1. The second-order valence-corrected chi connectivity index (χ2v) is 21.8. The highest BCUT2D eigenvalue weighted by molar-refractivity contribution is 8.14. The Labute approximate surface area is 396 Å². The molecule has 0 radical (unpaired) electrons. The zero-order chi connectivity index (χ0) is 46.9. The van der Waals surface area contributed by atoms with Crippen molar-refractivity contribution in [1.82, 2.24) is 0 Å². The zero-order valence-electron chi connectivity index (χ0n) is 34.4. The van der Waals surface area contributed by atoms with Gasteiger partial charge in [0, 0.05) is 55.2 Å². The van der Waals surface area contributed by atoms with Crippen molar-refractivity contribution < 1.29 is 44.2 Å². The Morgan fingerprint density at radius 3 is 0.909 bits per heavy atom. The van der Waals surface area contributed by atoms with Gasteiger partial charge in [-0.05, 0) is 165 Å². The van der Waals surface area contributed by atoms with Gasteiger partial charge in [-0.15, -0.1) is 0 Å². The maximum atomic E-state index is 11.5. The highest BCUT2D eigenvalue weighted by atomic mass is 35.7. The smallest absolute Gasteiger partial charge is 0.261 e. The molecule has 0 saturated carbocycles. The van der Waals surface area contributed by atoms with Crippen LogP contribution < -0.4 is 23.8 Å². The maximum absolute atomic E-state index is 11.5. The van der Waals surface area contributed by atoms with Gasteiger partial charge < -0.3 is 23.8 Å². The molecule has 0 bridgehead atoms. The number of benzene rings is 8. The van der Waals surface area contributed by atoms with E-state index in [9.17, 15) is 25.3 Å². The number of halogens is 3. The Kier molecular flexibility index (Phi) is 14.9. The second-order valence-electron chi connectivity index (χ2n) is 14.1. The van der Waals surface area contributed by atoms with Crippen LogP contribution >= 0.6 is 32.0 Å². The standard InChI is InChI=1S/C31H24ClNO4S.C18H12Cl2O6S2/c1-23-7-13-27(14-8-23)36-28-15-9-25(10-16-28)33(24-5-3-2-4-6-24)26-11-17-29(18-12-26)37-30-19-21-31(22-20-30)38(32,34)35;19-27(21,22)17-8-4-13(5-9-17)25-15-2-1-3-16(12-15)26-14-6-10-18(11-7-14)28(20,23)24/h2-22H,1H3;1-12H. The molecular weight excluding hydrogens is 965 g/mol. The maximum Gasteiger partial charge on any atom is 0.261 e. The summed E-state index contributed by atoms with van der Waals surface area (Å²) in [5.41, 5.74) is 4.10. The minimum atomic E-state index is -3.80. The van der Waals surface area contributed by atoms with Crippen LogP contribution in [-0.2, 0) is 27.2 Å². The Balaban J connectivity index is 0.000000206. The fourth-order valence-corrected chi connectivity index (χ4v) is 8.42. The molecule has 0 aliphatic heterocycles. The molecule has 17 heteroatoms. The lowest BCUT2D eigenvalue weighted by Crippen LogP contribution is -2.09. The third-order valence-electron chi connectivity index (χ3n) is 9.29. The summed E-state index contributed by atoms with van der Waals surface area (Å²) < 4.78 is 91.2. The Hall–Kier alpha value is -6.52. The van der Waals surface area contributed by atoms with E-state index in [-0.39, 0.29) is 14.7 Å². The molecule has 0 saturated heterocycles. The molecule has 11 nitrogen and oxygen atoms in total. The van der Waals surface area contributed by atoms with E-state index in [0.29, 0.717) is 34.5 Å². The van der Waals surface area contributed by atoms with Gasteiger partial charge in [-0.3, -0.25) is 0 Å². The Bertz CT molecular complexity index is 3140. The molecule has 0 amide bonds. The summed E-state index contributed by atoms with van der Waals surface area (Å²) in [6.45, 7) is 2.04. The van der Waals surface area contributed by atoms with Crippen molar-refractivity contribution in [3.8, 4) is 46.0 Å². The van der Waals surface area contributed by atoms with Crippen molar-refractivity contribution >= 4 is 76.3 Å². The van der Waals surface area contributed by atoms with Crippen molar-refractivity contribution in [2.24, 2.45) is 0 Å². The van der Waals surface area contributed by atoms with Crippen LogP contribution in [0.2, 0.25) is 0 Å².